The molecule has 0 bridgehead atoms. The molecule has 0 fully saturated rings. The van der Waals surface area contributed by atoms with Gasteiger partial charge in [0, 0.05) is 19.9 Å². The van der Waals surface area contributed by atoms with E-state index in [1.807, 2.05) is 42.8 Å². The lowest BCUT2D eigenvalue weighted by Gasteiger charge is -2.11. The monoisotopic (exact) mass is 279 g/mol. The lowest BCUT2D eigenvalue weighted by molar-refractivity contribution is 0.188. The number of halogens is 1. The first-order chi connectivity index (χ1) is 9.10. The fourth-order valence-electron chi connectivity index (χ4n) is 1.85. The molecule has 2 aromatic rings. The van der Waals surface area contributed by atoms with Gasteiger partial charge in [0.15, 0.2) is 0 Å². The summed E-state index contributed by atoms with van der Waals surface area (Å²) >= 11 is 6.22. The van der Waals surface area contributed by atoms with Crippen LogP contribution in [0.4, 0.5) is 11.6 Å². The van der Waals surface area contributed by atoms with Crippen LogP contribution in [0.2, 0.25) is 5.02 Å². The number of ether oxygens (including phenoxy) is 1. The van der Waals surface area contributed by atoms with Crippen LogP contribution in [-0.2, 0) is 11.3 Å². The molecule has 4 nitrogen and oxygen atoms in total. The van der Waals surface area contributed by atoms with Crippen LogP contribution >= 0.6 is 11.6 Å². The number of anilines is 2. The number of hydrogen-bond donors (Lipinski definition) is 1. The van der Waals surface area contributed by atoms with E-state index in [1.165, 1.54) is 0 Å². The third-order valence-electron chi connectivity index (χ3n) is 2.80. The maximum Gasteiger partial charge on any atom is 0.207 e. The van der Waals surface area contributed by atoms with Crippen LogP contribution in [0.1, 0.15) is 11.3 Å². The lowest BCUT2D eigenvalue weighted by atomic mass is 10.2. The van der Waals surface area contributed by atoms with Gasteiger partial charge in [0.2, 0.25) is 5.95 Å². The summed E-state index contributed by atoms with van der Waals surface area (Å²) in [4.78, 5) is 4.46. The molecule has 0 unspecified atom stereocenters. The van der Waals surface area contributed by atoms with Gasteiger partial charge in [-0.15, -0.1) is 0 Å². The molecule has 0 aliphatic heterocycles. The zero-order chi connectivity index (χ0) is 13.8. The van der Waals surface area contributed by atoms with Crippen molar-refractivity contribution in [2.24, 2.45) is 0 Å². The average Bonchev–Trinajstić information content (AvgIpc) is 2.70. The van der Waals surface area contributed by atoms with Crippen LogP contribution in [0.3, 0.4) is 0 Å². The Hall–Kier alpha value is -1.52. The quantitative estimate of drug-likeness (QED) is 0.910. The molecule has 0 aliphatic carbocycles. The van der Waals surface area contributed by atoms with Gasteiger partial charge in [-0.25, -0.2) is 4.98 Å². The number of imidazole rings is 1. The van der Waals surface area contributed by atoms with Gasteiger partial charge in [-0.05, 0) is 31.5 Å². The zero-order valence-corrected chi connectivity index (χ0v) is 12.2. The third-order valence-corrected chi connectivity index (χ3v) is 3.12. The van der Waals surface area contributed by atoms with E-state index in [0.29, 0.717) is 11.6 Å². The number of methoxy groups -OCH3 is 1. The number of nitrogens with one attached hydrogen (secondary N) is 1. The Kier molecular flexibility index (Phi) is 4.45. The van der Waals surface area contributed by atoms with E-state index in [2.05, 4.69) is 10.3 Å². The first-order valence-electron chi connectivity index (χ1n) is 6.16. The molecule has 1 heterocycles. The van der Waals surface area contributed by atoms with Crippen molar-refractivity contribution in [1.82, 2.24) is 9.55 Å². The molecule has 1 aromatic carbocycles. The molecule has 0 aliphatic rings. The van der Waals surface area contributed by atoms with Crippen molar-refractivity contribution in [3.63, 3.8) is 0 Å². The molecule has 0 saturated carbocycles. The Morgan fingerprint density at radius 3 is 2.84 bits per heavy atom. The maximum absolute atomic E-state index is 6.22. The summed E-state index contributed by atoms with van der Waals surface area (Å²) in [5.41, 5.74) is 2.95. The second-order valence-electron chi connectivity index (χ2n) is 4.50. The second kappa shape index (κ2) is 6.08. The summed E-state index contributed by atoms with van der Waals surface area (Å²) in [5, 5.41) is 3.96. The average molecular weight is 280 g/mol. The number of rotatable bonds is 5. The highest BCUT2D eigenvalue weighted by atomic mass is 35.5. The second-order valence-corrected chi connectivity index (χ2v) is 4.91. The van der Waals surface area contributed by atoms with Gasteiger partial charge in [0.05, 0.1) is 23.0 Å². The van der Waals surface area contributed by atoms with E-state index in [9.17, 15) is 0 Å². The third kappa shape index (κ3) is 3.49. The molecule has 2 rings (SSSR count). The lowest BCUT2D eigenvalue weighted by Crippen LogP contribution is -2.07. The van der Waals surface area contributed by atoms with Gasteiger partial charge in [-0.1, -0.05) is 17.7 Å². The molecule has 5 heteroatoms. The van der Waals surface area contributed by atoms with Crippen molar-refractivity contribution in [2.75, 3.05) is 19.0 Å². The van der Waals surface area contributed by atoms with Crippen LogP contribution in [0.25, 0.3) is 0 Å². The normalized spacial score (nSPS) is 10.7. The molecule has 19 heavy (non-hydrogen) atoms. The number of aryl methyl sites for hydroxylation is 2. The van der Waals surface area contributed by atoms with Gasteiger partial charge in [0.1, 0.15) is 0 Å². The Morgan fingerprint density at radius 1 is 1.37 bits per heavy atom. The molecule has 1 N–H and O–H groups in total. The van der Waals surface area contributed by atoms with Crippen molar-refractivity contribution in [2.45, 2.75) is 20.4 Å². The molecular weight excluding hydrogens is 262 g/mol. The molecule has 102 valence electrons. The standard InChI is InChI=1S/C14H18ClN3O/c1-10-4-5-13(12(15)8-10)17-14-16-11(2)9-18(14)6-7-19-3/h4-5,8-9H,6-7H2,1-3H3,(H,16,17). The van der Waals surface area contributed by atoms with Gasteiger partial charge >= 0.3 is 0 Å². The van der Waals surface area contributed by atoms with Crippen LogP contribution in [0.5, 0.6) is 0 Å². The number of hydrogen-bond acceptors (Lipinski definition) is 3. The Bertz CT molecular complexity index is 566. The fourth-order valence-corrected chi connectivity index (χ4v) is 2.13. The van der Waals surface area contributed by atoms with E-state index < -0.39 is 0 Å². The van der Waals surface area contributed by atoms with Crippen molar-refractivity contribution in [3.8, 4) is 0 Å². The molecule has 0 saturated heterocycles. The predicted molar refractivity (Wildman–Crippen MR) is 78.3 cm³/mol. The van der Waals surface area contributed by atoms with Crippen molar-refractivity contribution in [3.05, 3.63) is 40.7 Å². The van der Waals surface area contributed by atoms with Gasteiger partial charge < -0.3 is 14.6 Å². The van der Waals surface area contributed by atoms with Crippen molar-refractivity contribution in [1.29, 1.82) is 0 Å². The SMILES string of the molecule is COCCn1cc(C)nc1Nc1ccc(C)cc1Cl. The van der Waals surface area contributed by atoms with E-state index >= 15 is 0 Å². The molecule has 0 amide bonds. The van der Waals surface area contributed by atoms with E-state index in [0.717, 1.165) is 29.4 Å². The number of benzene rings is 1. The first-order valence-corrected chi connectivity index (χ1v) is 6.54. The van der Waals surface area contributed by atoms with Gasteiger partial charge in [-0.2, -0.15) is 0 Å². The van der Waals surface area contributed by atoms with Crippen LogP contribution in [-0.4, -0.2) is 23.3 Å². The summed E-state index contributed by atoms with van der Waals surface area (Å²) in [6.07, 6.45) is 1.99. The highest BCUT2D eigenvalue weighted by molar-refractivity contribution is 6.33. The fraction of sp³-hybridized carbons (Fsp3) is 0.357. The minimum atomic E-state index is 0.645. The highest BCUT2D eigenvalue weighted by Gasteiger charge is 2.08. The highest BCUT2D eigenvalue weighted by Crippen LogP contribution is 2.26. The summed E-state index contributed by atoms with van der Waals surface area (Å²) < 4.78 is 7.12. The smallest absolute Gasteiger partial charge is 0.207 e. The number of nitrogens with zero attached hydrogens (tertiary/aromatic N) is 2. The largest absolute Gasteiger partial charge is 0.383 e. The summed E-state index contributed by atoms with van der Waals surface area (Å²) in [5.74, 6) is 0.778. The maximum atomic E-state index is 6.22. The Morgan fingerprint density at radius 2 is 2.16 bits per heavy atom. The van der Waals surface area contributed by atoms with Gasteiger partial charge in [0.25, 0.3) is 0 Å². The van der Waals surface area contributed by atoms with E-state index in [1.54, 1.807) is 7.11 Å². The van der Waals surface area contributed by atoms with Crippen molar-refractivity contribution < 1.29 is 4.74 Å². The van der Waals surface area contributed by atoms with E-state index in [-0.39, 0.29) is 0 Å². The van der Waals surface area contributed by atoms with Crippen LogP contribution < -0.4 is 5.32 Å². The van der Waals surface area contributed by atoms with Crippen LogP contribution in [0.15, 0.2) is 24.4 Å². The zero-order valence-electron chi connectivity index (χ0n) is 11.4. The molecular formula is C14H18ClN3O. The molecule has 0 spiro atoms. The summed E-state index contributed by atoms with van der Waals surface area (Å²) in [6.45, 7) is 5.37. The Labute approximate surface area is 118 Å². The van der Waals surface area contributed by atoms with E-state index in [4.69, 9.17) is 16.3 Å². The first kappa shape index (κ1) is 13.9. The summed E-state index contributed by atoms with van der Waals surface area (Å²) in [7, 11) is 1.69. The van der Waals surface area contributed by atoms with Crippen molar-refractivity contribution >= 4 is 23.2 Å². The molecule has 0 radical (unpaired) electrons. The minimum absolute atomic E-state index is 0.645. The van der Waals surface area contributed by atoms with Gasteiger partial charge in [-0.3, -0.25) is 0 Å². The predicted octanol–water partition coefficient (Wildman–Crippen LogP) is 3.54. The molecule has 1 aromatic heterocycles. The summed E-state index contributed by atoms with van der Waals surface area (Å²) in [6, 6.07) is 5.91. The Balaban J connectivity index is 2.22. The number of aromatic nitrogens is 2. The van der Waals surface area contributed by atoms with Crippen LogP contribution in [0, 0.1) is 13.8 Å². The minimum Gasteiger partial charge on any atom is -0.383 e. The molecule has 0 atom stereocenters. The topological polar surface area (TPSA) is 39.1 Å².